The number of halogens is 1. The van der Waals surface area contributed by atoms with Gasteiger partial charge in [0.25, 0.3) is 5.91 Å². The summed E-state index contributed by atoms with van der Waals surface area (Å²) < 4.78 is 13.7. The number of amides is 1. The second-order valence-corrected chi connectivity index (χ2v) is 8.70. The number of rotatable bonds is 9. The van der Waals surface area contributed by atoms with E-state index in [4.69, 9.17) is 26.1 Å². The molecule has 34 heavy (non-hydrogen) atoms. The lowest BCUT2D eigenvalue weighted by Gasteiger charge is -2.17. The van der Waals surface area contributed by atoms with E-state index in [0.717, 1.165) is 28.2 Å². The minimum atomic E-state index is -0.310. The van der Waals surface area contributed by atoms with Crippen molar-refractivity contribution in [2.75, 3.05) is 13.2 Å². The van der Waals surface area contributed by atoms with Crippen LogP contribution in [0.5, 0.6) is 11.5 Å². The van der Waals surface area contributed by atoms with Gasteiger partial charge in [0, 0.05) is 5.02 Å². The summed E-state index contributed by atoms with van der Waals surface area (Å²) in [5.41, 5.74) is 4.19. The van der Waals surface area contributed by atoms with Crippen LogP contribution in [0.2, 0.25) is 5.02 Å². The molecule has 0 bridgehead atoms. The summed E-state index contributed by atoms with van der Waals surface area (Å²) in [6.07, 6.45) is 0. The van der Waals surface area contributed by atoms with E-state index < -0.39 is 0 Å². The third-order valence-electron chi connectivity index (χ3n) is 5.54. The highest BCUT2D eigenvalue weighted by Gasteiger charge is 2.19. The molecule has 0 spiro atoms. The van der Waals surface area contributed by atoms with E-state index in [-0.39, 0.29) is 18.6 Å². The van der Waals surface area contributed by atoms with Gasteiger partial charge in [-0.2, -0.15) is 0 Å². The Labute approximate surface area is 204 Å². The van der Waals surface area contributed by atoms with Gasteiger partial charge in [0.1, 0.15) is 23.9 Å². The molecule has 1 amide bonds. The van der Waals surface area contributed by atoms with E-state index >= 15 is 0 Å². The molecule has 1 aromatic heterocycles. The maximum absolute atomic E-state index is 12.5. The number of nitrogens with one attached hydrogen (secondary N) is 1. The number of carbonyl (C=O) groups is 1. The summed E-state index contributed by atoms with van der Waals surface area (Å²) in [6, 6.07) is 20.7. The molecule has 176 valence electrons. The summed E-state index contributed by atoms with van der Waals surface area (Å²) in [5, 5.41) is 3.60. The van der Waals surface area contributed by atoms with E-state index in [2.05, 4.69) is 22.9 Å². The second-order valence-electron chi connectivity index (χ2n) is 8.26. The van der Waals surface area contributed by atoms with Crippen LogP contribution in [0.4, 0.5) is 0 Å². The van der Waals surface area contributed by atoms with Crippen LogP contribution >= 0.6 is 11.6 Å². The molecule has 3 aromatic carbocycles. The first-order valence-electron chi connectivity index (χ1n) is 11.2. The Kier molecular flexibility index (Phi) is 7.38. The van der Waals surface area contributed by atoms with Crippen molar-refractivity contribution in [2.45, 2.75) is 33.4 Å². The molecule has 6 nitrogen and oxygen atoms in total. The molecule has 0 aliphatic rings. The predicted molar refractivity (Wildman–Crippen MR) is 135 cm³/mol. The minimum absolute atomic E-state index is 0.0952. The topological polar surface area (TPSA) is 65.4 Å². The molecule has 0 saturated carbocycles. The fourth-order valence-corrected chi connectivity index (χ4v) is 4.02. The predicted octanol–water partition coefficient (Wildman–Crippen LogP) is 5.64. The molecule has 0 aliphatic heterocycles. The largest absolute Gasteiger partial charge is 0.491 e. The zero-order chi connectivity index (χ0) is 24.1. The Balaban J connectivity index is 1.44. The number of hydrogen-bond acceptors (Lipinski definition) is 4. The summed E-state index contributed by atoms with van der Waals surface area (Å²) in [7, 11) is 0. The fraction of sp³-hybridized carbons (Fsp3) is 0.259. The molecule has 1 atom stereocenters. The summed E-state index contributed by atoms with van der Waals surface area (Å²) in [5.74, 6) is 2.00. The van der Waals surface area contributed by atoms with Crippen molar-refractivity contribution in [1.29, 1.82) is 0 Å². The van der Waals surface area contributed by atoms with Crippen molar-refractivity contribution in [3.8, 4) is 11.5 Å². The van der Waals surface area contributed by atoms with E-state index in [1.165, 1.54) is 5.56 Å². The van der Waals surface area contributed by atoms with Gasteiger partial charge in [-0.25, -0.2) is 4.98 Å². The Morgan fingerprint density at radius 3 is 2.59 bits per heavy atom. The van der Waals surface area contributed by atoms with Crippen molar-refractivity contribution < 1.29 is 14.3 Å². The van der Waals surface area contributed by atoms with Crippen LogP contribution in [0.1, 0.15) is 29.9 Å². The SMILES string of the molecule is Cc1ccc(OCCn2c(C(C)NC(=O)COc3ccc(Cl)cc3)nc3ccccc32)c(C)c1. The molecule has 7 heteroatoms. The van der Waals surface area contributed by atoms with Crippen molar-refractivity contribution in [3.05, 3.63) is 88.7 Å². The maximum Gasteiger partial charge on any atom is 0.258 e. The van der Waals surface area contributed by atoms with Crippen LogP contribution in [-0.4, -0.2) is 28.7 Å². The van der Waals surface area contributed by atoms with Crippen LogP contribution in [0.15, 0.2) is 66.7 Å². The van der Waals surface area contributed by atoms with E-state index in [1.807, 2.05) is 50.2 Å². The number of fused-ring (bicyclic) bond motifs is 1. The summed E-state index contributed by atoms with van der Waals surface area (Å²) >= 11 is 5.89. The first-order chi connectivity index (χ1) is 16.4. The normalized spacial score (nSPS) is 11.9. The van der Waals surface area contributed by atoms with Gasteiger partial charge in [-0.05, 0) is 68.8 Å². The van der Waals surface area contributed by atoms with Gasteiger partial charge < -0.3 is 19.4 Å². The monoisotopic (exact) mass is 477 g/mol. The van der Waals surface area contributed by atoms with Gasteiger partial charge in [-0.1, -0.05) is 41.4 Å². The Morgan fingerprint density at radius 2 is 1.82 bits per heavy atom. The summed E-state index contributed by atoms with van der Waals surface area (Å²) in [6.45, 7) is 7.02. The summed E-state index contributed by atoms with van der Waals surface area (Å²) in [4.78, 5) is 17.3. The number of benzene rings is 3. The van der Waals surface area contributed by atoms with Crippen molar-refractivity contribution in [2.24, 2.45) is 0 Å². The van der Waals surface area contributed by atoms with Crippen LogP contribution in [0.25, 0.3) is 11.0 Å². The molecule has 0 saturated heterocycles. The van der Waals surface area contributed by atoms with Gasteiger partial charge in [0.15, 0.2) is 6.61 Å². The molecular weight excluding hydrogens is 450 g/mol. The van der Waals surface area contributed by atoms with E-state index in [1.54, 1.807) is 24.3 Å². The van der Waals surface area contributed by atoms with Crippen LogP contribution in [0, 0.1) is 13.8 Å². The Morgan fingerprint density at radius 1 is 1.06 bits per heavy atom. The Hall–Kier alpha value is -3.51. The number of carbonyl (C=O) groups excluding carboxylic acids is 1. The number of aryl methyl sites for hydroxylation is 2. The molecule has 1 heterocycles. The molecule has 0 radical (unpaired) electrons. The number of aromatic nitrogens is 2. The third kappa shape index (κ3) is 5.69. The number of para-hydroxylation sites is 2. The van der Waals surface area contributed by atoms with Crippen molar-refractivity contribution in [1.82, 2.24) is 14.9 Å². The van der Waals surface area contributed by atoms with E-state index in [0.29, 0.717) is 23.9 Å². The van der Waals surface area contributed by atoms with Crippen LogP contribution < -0.4 is 14.8 Å². The fourth-order valence-electron chi connectivity index (χ4n) is 3.90. The molecule has 0 fully saturated rings. The lowest BCUT2D eigenvalue weighted by Crippen LogP contribution is -2.33. The zero-order valence-corrected chi connectivity index (χ0v) is 20.3. The first kappa shape index (κ1) is 23.6. The average Bonchev–Trinajstić information content (AvgIpc) is 3.19. The molecule has 1 unspecified atom stereocenters. The second kappa shape index (κ2) is 10.6. The van der Waals surface area contributed by atoms with E-state index in [9.17, 15) is 4.79 Å². The molecule has 4 aromatic rings. The van der Waals surface area contributed by atoms with Crippen LogP contribution in [0.3, 0.4) is 0 Å². The van der Waals surface area contributed by atoms with Crippen molar-refractivity contribution in [3.63, 3.8) is 0 Å². The number of nitrogens with zero attached hydrogens (tertiary/aromatic N) is 2. The molecule has 1 N–H and O–H groups in total. The minimum Gasteiger partial charge on any atom is -0.491 e. The van der Waals surface area contributed by atoms with Gasteiger partial charge in [-0.3, -0.25) is 4.79 Å². The average molecular weight is 478 g/mol. The zero-order valence-electron chi connectivity index (χ0n) is 19.5. The standard InChI is InChI=1S/C27H28ClN3O3/c1-18-8-13-25(19(2)16-18)33-15-14-31-24-7-5-4-6-23(24)30-27(31)20(3)29-26(32)17-34-22-11-9-21(28)10-12-22/h4-13,16,20H,14-15,17H2,1-3H3,(H,29,32). The third-order valence-corrected chi connectivity index (χ3v) is 5.79. The van der Waals surface area contributed by atoms with Gasteiger partial charge in [0.2, 0.25) is 0 Å². The molecule has 0 aliphatic carbocycles. The maximum atomic E-state index is 12.5. The smallest absolute Gasteiger partial charge is 0.258 e. The first-order valence-corrected chi connectivity index (χ1v) is 11.6. The van der Waals surface area contributed by atoms with Gasteiger partial charge in [-0.15, -0.1) is 0 Å². The highest BCUT2D eigenvalue weighted by atomic mass is 35.5. The van der Waals surface area contributed by atoms with Crippen molar-refractivity contribution >= 4 is 28.5 Å². The molecule has 4 rings (SSSR count). The number of imidazole rings is 1. The Bertz CT molecular complexity index is 1280. The van der Waals surface area contributed by atoms with Gasteiger partial charge in [0.05, 0.1) is 23.6 Å². The quantitative estimate of drug-likeness (QED) is 0.338. The van der Waals surface area contributed by atoms with Crippen LogP contribution in [-0.2, 0) is 11.3 Å². The lowest BCUT2D eigenvalue weighted by atomic mass is 10.1. The number of ether oxygens (including phenoxy) is 2. The lowest BCUT2D eigenvalue weighted by molar-refractivity contribution is -0.123. The number of hydrogen-bond donors (Lipinski definition) is 1. The highest BCUT2D eigenvalue weighted by molar-refractivity contribution is 6.30. The highest BCUT2D eigenvalue weighted by Crippen LogP contribution is 2.23. The molecular formula is C27H28ClN3O3. The van der Waals surface area contributed by atoms with Gasteiger partial charge >= 0.3 is 0 Å².